The molecule has 0 aliphatic carbocycles. The summed E-state index contributed by atoms with van der Waals surface area (Å²) in [5.41, 5.74) is 0.0742. The van der Waals surface area contributed by atoms with Crippen LogP contribution in [0, 0.1) is 0 Å². The van der Waals surface area contributed by atoms with Crippen LogP contribution < -0.4 is 0 Å². The van der Waals surface area contributed by atoms with E-state index in [-0.39, 0.29) is 17.9 Å². The fraction of sp³-hybridized carbons (Fsp3) is 0.167. The number of aliphatic hydroxyl groups excluding tert-OH is 1. The van der Waals surface area contributed by atoms with E-state index in [0.29, 0.717) is 6.08 Å². The Hall–Kier alpha value is -2.30. The molecule has 0 unspecified atom stereocenters. The molecule has 0 saturated carbocycles. The largest absolute Gasteiger partial charge is 0.507 e. The van der Waals surface area contributed by atoms with Gasteiger partial charge < -0.3 is 14.9 Å². The van der Waals surface area contributed by atoms with E-state index in [9.17, 15) is 19.8 Å². The molecular weight excluding hydrogens is 224 g/mol. The van der Waals surface area contributed by atoms with Crippen LogP contribution in [-0.2, 0) is 14.3 Å². The molecule has 0 aliphatic rings. The second-order valence-corrected chi connectivity index (χ2v) is 3.13. The van der Waals surface area contributed by atoms with E-state index >= 15 is 0 Å². The fourth-order valence-electron chi connectivity index (χ4n) is 1.15. The van der Waals surface area contributed by atoms with Gasteiger partial charge in [-0.1, -0.05) is 12.1 Å². The lowest BCUT2D eigenvalue weighted by Crippen LogP contribution is -2.15. The first-order valence-corrected chi connectivity index (χ1v) is 4.96. The average molecular weight is 236 g/mol. The van der Waals surface area contributed by atoms with Gasteiger partial charge in [0.15, 0.2) is 0 Å². The third-order valence-electron chi connectivity index (χ3n) is 1.92. The summed E-state index contributed by atoms with van der Waals surface area (Å²) in [5.74, 6) is -2.69. The maximum Gasteiger partial charge on any atom is 0.379 e. The van der Waals surface area contributed by atoms with Gasteiger partial charge in [-0.3, -0.25) is 4.79 Å². The van der Waals surface area contributed by atoms with Gasteiger partial charge in [-0.05, 0) is 19.1 Å². The van der Waals surface area contributed by atoms with Crippen molar-refractivity contribution in [2.24, 2.45) is 0 Å². The number of carbonyl (C=O) groups is 2. The lowest BCUT2D eigenvalue weighted by atomic mass is 10.1. The van der Waals surface area contributed by atoms with Crippen molar-refractivity contribution in [2.75, 3.05) is 6.61 Å². The second kappa shape index (κ2) is 5.69. The number of hydrogen-bond donors (Lipinski definition) is 2. The van der Waals surface area contributed by atoms with Crippen LogP contribution in [0.3, 0.4) is 0 Å². The van der Waals surface area contributed by atoms with Gasteiger partial charge in [-0.15, -0.1) is 0 Å². The maximum atomic E-state index is 11.2. The molecule has 1 aromatic carbocycles. The Bertz CT molecular complexity index is 462. The number of ether oxygens (including phenoxy) is 1. The number of carbonyl (C=O) groups excluding carboxylic acids is 2. The average Bonchev–Trinajstić information content (AvgIpc) is 2.29. The van der Waals surface area contributed by atoms with Crippen LogP contribution in [0.1, 0.15) is 12.5 Å². The second-order valence-electron chi connectivity index (χ2n) is 3.13. The van der Waals surface area contributed by atoms with Gasteiger partial charge in [0.1, 0.15) is 11.5 Å². The molecule has 0 heterocycles. The van der Waals surface area contributed by atoms with Crippen LogP contribution in [0.2, 0.25) is 0 Å². The van der Waals surface area contributed by atoms with Crippen molar-refractivity contribution in [3.8, 4) is 5.75 Å². The number of aliphatic hydroxyl groups is 1. The van der Waals surface area contributed by atoms with E-state index in [1.54, 1.807) is 19.1 Å². The van der Waals surface area contributed by atoms with Gasteiger partial charge in [0.05, 0.1) is 12.2 Å². The van der Waals surface area contributed by atoms with E-state index in [1.807, 2.05) is 0 Å². The first-order chi connectivity index (χ1) is 8.06. The first-order valence-electron chi connectivity index (χ1n) is 4.96. The van der Waals surface area contributed by atoms with E-state index in [1.165, 1.54) is 12.1 Å². The Labute approximate surface area is 98.0 Å². The monoisotopic (exact) mass is 236 g/mol. The maximum absolute atomic E-state index is 11.2. The zero-order valence-corrected chi connectivity index (χ0v) is 9.21. The van der Waals surface area contributed by atoms with Crippen LogP contribution in [0.5, 0.6) is 5.75 Å². The summed E-state index contributed by atoms with van der Waals surface area (Å²) in [6, 6.07) is 5.92. The number of aromatic hydroxyl groups is 1. The summed E-state index contributed by atoms with van der Waals surface area (Å²) in [5, 5.41) is 19.0. The summed E-state index contributed by atoms with van der Waals surface area (Å²) >= 11 is 0. The van der Waals surface area contributed by atoms with Crippen molar-refractivity contribution in [1.82, 2.24) is 0 Å². The third kappa shape index (κ3) is 3.34. The predicted molar refractivity (Wildman–Crippen MR) is 60.4 cm³/mol. The molecule has 90 valence electrons. The van der Waals surface area contributed by atoms with E-state index in [4.69, 9.17) is 0 Å². The Morgan fingerprint density at radius 1 is 1.35 bits per heavy atom. The normalized spacial score (nSPS) is 11.0. The van der Waals surface area contributed by atoms with Gasteiger partial charge in [0.25, 0.3) is 5.78 Å². The quantitative estimate of drug-likeness (QED) is 0.357. The van der Waals surface area contributed by atoms with Crippen LogP contribution in [0.4, 0.5) is 0 Å². The molecule has 0 aliphatic heterocycles. The fourth-order valence-corrected chi connectivity index (χ4v) is 1.15. The summed E-state index contributed by atoms with van der Waals surface area (Å²) in [4.78, 5) is 22.2. The number of para-hydroxylation sites is 1. The highest BCUT2D eigenvalue weighted by Gasteiger charge is 2.14. The zero-order chi connectivity index (χ0) is 12.8. The molecule has 2 N–H and O–H groups in total. The molecule has 0 aromatic heterocycles. The van der Waals surface area contributed by atoms with Crippen molar-refractivity contribution in [3.05, 3.63) is 35.9 Å². The molecule has 0 amide bonds. The minimum absolute atomic E-state index is 0.0742. The smallest absolute Gasteiger partial charge is 0.379 e. The van der Waals surface area contributed by atoms with Crippen molar-refractivity contribution >= 4 is 17.5 Å². The van der Waals surface area contributed by atoms with Crippen molar-refractivity contribution < 1.29 is 24.5 Å². The molecule has 17 heavy (non-hydrogen) atoms. The van der Waals surface area contributed by atoms with Gasteiger partial charge in [0.2, 0.25) is 0 Å². The molecule has 0 bridgehead atoms. The molecule has 0 radical (unpaired) electrons. The summed E-state index contributed by atoms with van der Waals surface area (Å²) in [6.07, 6.45) is 0.715. The SMILES string of the molecule is CCOC(=O)C(=O)C=C(O)c1ccccc1O. The van der Waals surface area contributed by atoms with Crippen LogP contribution in [0.15, 0.2) is 30.3 Å². The number of phenols is 1. The molecule has 0 atom stereocenters. The van der Waals surface area contributed by atoms with E-state index in [0.717, 1.165) is 0 Å². The summed E-state index contributed by atoms with van der Waals surface area (Å²) < 4.78 is 4.46. The van der Waals surface area contributed by atoms with Gasteiger partial charge in [0, 0.05) is 6.08 Å². The van der Waals surface area contributed by atoms with Crippen LogP contribution in [0.25, 0.3) is 5.76 Å². The first kappa shape index (κ1) is 12.8. The number of hydrogen-bond acceptors (Lipinski definition) is 5. The molecule has 1 rings (SSSR count). The van der Waals surface area contributed by atoms with Crippen molar-refractivity contribution in [3.63, 3.8) is 0 Å². The standard InChI is InChI=1S/C12H12O5/c1-2-17-12(16)11(15)7-10(14)8-5-3-4-6-9(8)13/h3-7,13-14H,2H2,1H3. The molecule has 1 aromatic rings. The Kier molecular flexibility index (Phi) is 4.28. The molecule has 5 heteroatoms. The molecular formula is C12H12O5. The molecule has 0 fully saturated rings. The number of rotatable bonds is 4. The lowest BCUT2D eigenvalue weighted by molar-refractivity contribution is -0.151. The molecule has 0 spiro atoms. The van der Waals surface area contributed by atoms with Gasteiger partial charge in [-0.2, -0.15) is 0 Å². The topological polar surface area (TPSA) is 83.8 Å². The Morgan fingerprint density at radius 2 is 2.00 bits per heavy atom. The van der Waals surface area contributed by atoms with Crippen molar-refractivity contribution in [1.29, 1.82) is 0 Å². The third-order valence-corrected chi connectivity index (χ3v) is 1.92. The number of phenolic OH excluding ortho intramolecular Hbond substituents is 1. The van der Waals surface area contributed by atoms with Crippen LogP contribution >= 0.6 is 0 Å². The summed E-state index contributed by atoms with van der Waals surface area (Å²) in [6.45, 7) is 1.65. The van der Waals surface area contributed by atoms with Crippen molar-refractivity contribution in [2.45, 2.75) is 6.92 Å². The minimum atomic E-state index is -1.05. The van der Waals surface area contributed by atoms with E-state index < -0.39 is 17.5 Å². The highest BCUT2D eigenvalue weighted by Crippen LogP contribution is 2.22. The van der Waals surface area contributed by atoms with Gasteiger partial charge >= 0.3 is 5.97 Å². The lowest BCUT2D eigenvalue weighted by Gasteiger charge is -2.02. The van der Waals surface area contributed by atoms with E-state index in [2.05, 4.69) is 4.74 Å². The highest BCUT2D eigenvalue weighted by atomic mass is 16.5. The molecule has 0 saturated heterocycles. The number of benzene rings is 1. The number of esters is 1. The van der Waals surface area contributed by atoms with Crippen LogP contribution in [-0.4, -0.2) is 28.6 Å². The zero-order valence-electron chi connectivity index (χ0n) is 9.21. The predicted octanol–water partition coefficient (Wildman–Crippen LogP) is 1.42. The molecule has 5 nitrogen and oxygen atoms in total. The Balaban J connectivity index is 2.90. The number of ketones is 1. The minimum Gasteiger partial charge on any atom is -0.507 e. The van der Waals surface area contributed by atoms with Gasteiger partial charge in [-0.25, -0.2) is 4.79 Å². The summed E-state index contributed by atoms with van der Waals surface area (Å²) in [7, 11) is 0. The highest BCUT2D eigenvalue weighted by molar-refractivity contribution is 6.39. The Morgan fingerprint density at radius 3 is 2.59 bits per heavy atom.